The summed E-state index contributed by atoms with van der Waals surface area (Å²) in [6.07, 6.45) is 1.96. The zero-order chi connectivity index (χ0) is 20.5. The molecule has 0 saturated heterocycles. The molecule has 1 N–H and O–H groups in total. The molecule has 0 bridgehead atoms. The average molecular weight is 399 g/mol. The van der Waals surface area contributed by atoms with Crippen molar-refractivity contribution < 1.29 is 4.43 Å². The van der Waals surface area contributed by atoms with Crippen LogP contribution in [-0.2, 0) is 10.0 Å². The molecule has 4 aromatic rings. The maximum atomic E-state index is 6.88. The van der Waals surface area contributed by atoms with E-state index < -0.39 is 5.60 Å². The molecule has 29 heavy (non-hydrogen) atoms. The van der Waals surface area contributed by atoms with Crippen molar-refractivity contribution in [2.75, 3.05) is 0 Å². The summed E-state index contributed by atoms with van der Waals surface area (Å²) >= 11 is 0. The van der Waals surface area contributed by atoms with Crippen molar-refractivity contribution in [3.8, 4) is 0 Å². The van der Waals surface area contributed by atoms with E-state index in [-0.39, 0.29) is 5.04 Å². The zero-order valence-electron chi connectivity index (χ0n) is 17.4. The highest BCUT2D eigenvalue weighted by Crippen LogP contribution is 2.42. The number of fused-ring (bicyclic) bond motifs is 1. The molecule has 0 atom stereocenters. The predicted octanol–water partition coefficient (Wildman–Crippen LogP) is 6.02. The van der Waals surface area contributed by atoms with Gasteiger partial charge < -0.3 is 9.41 Å². The van der Waals surface area contributed by atoms with Crippen LogP contribution >= 0.6 is 0 Å². The summed E-state index contributed by atoms with van der Waals surface area (Å²) in [5.74, 6) is 0. The summed E-state index contributed by atoms with van der Waals surface area (Å²) in [5.41, 5.74) is 5.61. The minimum Gasteiger partial charge on any atom is -0.400 e. The number of hydrogen-bond donors (Lipinski definition) is 1. The number of rotatable bonds is 5. The van der Waals surface area contributed by atoms with Crippen LogP contribution in [0.4, 0.5) is 0 Å². The summed E-state index contributed by atoms with van der Waals surface area (Å²) in [5, 5.41) is 0.0510. The van der Waals surface area contributed by atoms with Crippen molar-refractivity contribution in [1.82, 2.24) is 9.97 Å². The smallest absolute Gasteiger partial charge is 0.237 e. The van der Waals surface area contributed by atoms with Gasteiger partial charge in [-0.25, -0.2) is 0 Å². The Balaban J connectivity index is 1.99. The molecule has 146 valence electrons. The number of aromatic nitrogens is 2. The first-order chi connectivity index (χ1) is 13.9. The SMILES string of the molecule is Cc1cc2ncc(C(O[Si]C(C)(C)C)(c3ccccc3)c3ccccc3)cc2[nH]1. The first kappa shape index (κ1) is 19.6. The Hall–Kier alpha value is -2.69. The second kappa shape index (κ2) is 7.62. The van der Waals surface area contributed by atoms with Crippen LogP contribution in [0.15, 0.2) is 79.0 Å². The van der Waals surface area contributed by atoms with Crippen molar-refractivity contribution in [1.29, 1.82) is 0 Å². The Bertz CT molecular complexity index is 1060. The molecule has 0 saturated carbocycles. The van der Waals surface area contributed by atoms with Crippen LogP contribution in [0.3, 0.4) is 0 Å². The number of benzene rings is 2. The third-order valence-corrected chi connectivity index (χ3v) is 5.90. The molecule has 2 radical (unpaired) electrons. The maximum Gasteiger partial charge on any atom is 0.237 e. The van der Waals surface area contributed by atoms with Gasteiger partial charge in [0.05, 0.1) is 11.0 Å². The fourth-order valence-corrected chi connectivity index (χ4v) is 4.40. The normalized spacial score (nSPS) is 12.4. The first-order valence-electron chi connectivity index (χ1n) is 9.90. The maximum absolute atomic E-state index is 6.88. The molecule has 0 amide bonds. The molecule has 2 aromatic heterocycles. The lowest BCUT2D eigenvalue weighted by Gasteiger charge is -2.37. The van der Waals surface area contributed by atoms with Gasteiger partial charge in [0.15, 0.2) is 0 Å². The third kappa shape index (κ3) is 3.91. The lowest BCUT2D eigenvalue weighted by Crippen LogP contribution is -2.36. The number of nitrogens with one attached hydrogen (secondary N) is 1. The Morgan fingerprint density at radius 3 is 1.97 bits per heavy atom. The molecule has 3 nitrogen and oxygen atoms in total. The summed E-state index contributed by atoms with van der Waals surface area (Å²) in [4.78, 5) is 8.19. The largest absolute Gasteiger partial charge is 0.400 e. The second-order valence-corrected chi connectivity index (χ2v) is 10.4. The summed E-state index contributed by atoms with van der Waals surface area (Å²) < 4.78 is 6.88. The van der Waals surface area contributed by atoms with E-state index in [1.165, 1.54) is 0 Å². The van der Waals surface area contributed by atoms with Crippen molar-refractivity contribution in [2.45, 2.75) is 38.3 Å². The van der Waals surface area contributed by atoms with Gasteiger partial charge in [-0.15, -0.1) is 0 Å². The van der Waals surface area contributed by atoms with Crippen LogP contribution < -0.4 is 0 Å². The van der Waals surface area contributed by atoms with Crippen molar-refractivity contribution in [3.05, 3.63) is 101 Å². The molecular weight excluding hydrogens is 372 g/mol. The lowest BCUT2D eigenvalue weighted by atomic mass is 9.81. The molecule has 2 aromatic carbocycles. The Morgan fingerprint density at radius 1 is 0.828 bits per heavy atom. The van der Waals surface area contributed by atoms with Gasteiger partial charge >= 0.3 is 0 Å². The second-order valence-electron chi connectivity index (χ2n) is 8.48. The molecule has 2 heterocycles. The topological polar surface area (TPSA) is 37.9 Å². The molecule has 0 aliphatic carbocycles. The van der Waals surface area contributed by atoms with Crippen LogP contribution in [0, 0.1) is 6.92 Å². The van der Waals surface area contributed by atoms with E-state index in [9.17, 15) is 0 Å². The van der Waals surface area contributed by atoms with E-state index in [0.717, 1.165) is 33.4 Å². The van der Waals surface area contributed by atoms with Gasteiger partial charge in [0.1, 0.15) is 5.60 Å². The molecule has 0 aliphatic heterocycles. The number of aryl methyl sites for hydroxylation is 1. The van der Waals surface area contributed by atoms with Gasteiger partial charge in [0.2, 0.25) is 9.76 Å². The average Bonchev–Trinajstić information content (AvgIpc) is 3.09. The van der Waals surface area contributed by atoms with Crippen molar-refractivity contribution in [2.24, 2.45) is 0 Å². The van der Waals surface area contributed by atoms with Gasteiger partial charge in [-0.1, -0.05) is 81.4 Å². The first-order valence-corrected chi connectivity index (χ1v) is 10.8. The van der Waals surface area contributed by atoms with Gasteiger partial charge in [0.25, 0.3) is 0 Å². The van der Waals surface area contributed by atoms with E-state index in [4.69, 9.17) is 9.41 Å². The molecule has 0 unspecified atom stereocenters. The summed E-state index contributed by atoms with van der Waals surface area (Å²) in [6, 6.07) is 25.2. The summed E-state index contributed by atoms with van der Waals surface area (Å²) in [7, 11) is 0.314. The monoisotopic (exact) mass is 398 g/mol. The predicted molar refractivity (Wildman–Crippen MR) is 120 cm³/mol. The fourth-order valence-electron chi connectivity index (χ4n) is 3.59. The highest BCUT2D eigenvalue weighted by molar-refractivity contribution is 6.32. The zero-order valence-corrected chi connectivity index (χ0v) is 18.4. The van der Waals surface area contributed by atoms with Gasteiger partial charge in [-0.05, 0) is 35.2 Å². The van der Waals surface area contributed by atoms with E-state index in [0.29, 0.717) is 9.76 Å². The number of H-pyrrole nitrogens is 1. The number of aromatic amines is 1. The fraction of sp³-hybridized carbons (Fsp3) is 0.240. The number of pyridine rings is 1. The highest BCUT2D eigenvalue weighted by Gasteiger charge is 2.39. The van der Waals surface area contributed by atoms with E-state index in [1.807, 2.05) is 18.3 Å². The van der Waals surface area contributed by atoms with Crippen LogP contribution in [0.1, 0.15) is 43.2 Å². The highest BCUT2D eigenvalue weighted by atomic mass is 28.2. The Kier molecular flexibility index (Phi) is 5.15. The Labute approximate surface area is 175 Å². The van der Waals surface area contributed by atoms with E-state index in [1.54, 1.807) is 0 Å². The number of hydrogen-bond acceptors (Lipinski definition) is 2. The Morgan fingerprint density at radius 2 is 1.41 bits per heavy atom. The molecule has 4 rings (SSSR count). The van der Waals surface area contributed by atoms with Gasteiger partial charge in [-0.2, -0.15) is 0 Å². The van der Waals surface area contributed by atoms with E-state index in [2.05, 4.69) is 93.3 Å². The number of nitrogens with zero attached hydrogens (tertiary/aromatic N) is 1. The van der Waals surface area contributed by atoms with E-state index >= 15 is 0 Å². The standard InChI is InChI=1S/C25H26N2OSi/c1-18-15-22-23(27-18)16-21(17-26-22)25(28-29-24(2,3)4,19-11-7-5-8-12-19)20-13-9-6-10-14-20/h5-17,27H,1-4H3. The molecular formula is C25H26N2OSi. The van der Waals surface area contributed by atoms with Crippen molar-refractivity contribution >= 4 is 20.8 Å². The molecule has 0 fully saturated rings. The third-order valence-electron chi connectivity index (χ3n) is 4.88. The van der Waals surface area contributed by atoms with Crippen LogP contribution in [0.2, 0.25) is 5.04 Å². The quantitative estimate of drug-likeness (QED) is 0.418. The molecule has 4 heteroatoms. The summed E-state index contributed by atoms with van der Waals surface area (Å²) in [6.45, 7) is 8.69. The van der Waals surface area contributed by atoms with Crippen molar-refractivity contribution in [3.63, 3.8) is 0 Å². The minimum absolute atomic E-state index is 0.0510. The molecule has 0 spiro atoms. The van der Waals surface area contributed by atoms with Crippen LogP contribution in [0.5, 0.6) is 0 Å². The molecule has 0 aliphatic rings. The van der Waals surface area contributed by atoms with Crippen LogP contribution in [-0.4, -0.2) is 19.7 Å². The van der Waals surface area contributed by atoms with Crippen LogP contribution in [0.25, 0.3) is 11.0 Å². The van der Waals surface area contributed by atoms with Gasteiger partial charge in [-0.3, -0.25) is 4.98 Å². The lowest BCUT2D eigenvalue weighted by molar-refractivity contribution is 0.156. The van der Waals surface area contributed by atoms with Gasteiger partial charge in [0, 0.05) is 17.5 Å². The minimum atomic E-state index is -0.728.